The molecule has 0 aliphatic heterocycles. The standard InChI is InChI=1S/C20H24ClNO2/c1-14(19(23)24-20(2,3)4)18(15-10-12-16(21)13-11-15)22-17-8-6-5-7-9-17/h5-14,18,22H,1-4H3/t14-,18+/m1/s1. The topological polar surface area (TPSA) is 38.3 Å². The Morgan fingerprint density at radius 2 is 1.62 bits per heavy atom. The summed E-state index contributed by atoms with van der Waals surface area (Å²) in [6.45, 7) is 7.50. The molecule has 0 unspecified atom stereocenters. The van der Waals surface area contributed by atoms with E-state index in [2.05, 4.69) is 5.32 Å². The van der Waals surface area contributed by atoms with Gasteiger partial charge in [0, 0.05) is 10.7 Å². The van der Waals surface area contributed by atoms with Gasteiger partial charge in [-0.2, -0.15) is 0 Å². The van der Waals surface area contributed by atoms with Crippen molar-refractivity contribution in [1.82, 2.24) is 0 Å². The van der Waals surface area contributed by atoms with E-state index >= 15 is 0 Å². The molecule has 2 aromatic rings. The first-order valence-electron chi connectivity index (χ1n) is 8.06. The van der Waals surface area contributed by atoms with E-state index in [1.165, 1.54) is 0 Å². The lowest BCUT2D eigenvalue weighted by molar-refractivity contribution is -0.159. The Hall–Kier alpha value is -2.00. The van der Waals surface area contributed by atoms with Crippen molar-refractivity contribution in [2.24, 2.45) is 5.92 Å². The van der Waals surface area contributed by atoms with Crippen LogP contribution in [0.15, 0.2) is 54.6 Å². The summed E-state index contributed by atoms with van der Waals surface area (Å²) in [7, 11) is 0. The molecule has 0 saturated carbocycles. The van der Waals surface area contributed by atoms with Gasteiger partial charge in [-0.3, -0.25) is 4.79 Å². The van der Waals surface area contributed by atoms with Gasteiger partial charge in [-0.05, 0) is 57.5 Å². The second-order valence-electron chi connectivity index (χ2n) is 6.86. The lowest BCUT2D eigenvalue weighted by Crippen LogP contribution is -2.32. The van der Waals surface area contributed by atoms with Crippen LogP contribution < -0.4 is 5.32 Å². The molecule has 1 N–H and O–H groups in total. The van der Waals surface area contributed by atoms with Crippen molar-refractivity contribution in [3.05, 3.63) is 65.2 Å². The summed E-state index contributed by atoms with van der Waals surface area (Å²) in [5, 5.41) is 4.11. The Morgan fingerprint density at radius 1 is 1.04 bits per heavy atom. The zero-order valence-electron chi connectivity index (χ0n) is 14.5. The summed E-state index contributed by atoms with van der Waals surface area (Å²) < 4.78 is 5.56. The van der Waals surface area contributed by atoms with Crippen LogP contribution in [0, 0.1) is 5.92 Å². The second kappa shape index (κ2) is 7.71. The van der Waals surface area contributed by atoms with Crippen LogP contribution in [0.25, 0.3) is 0 Å². The van der Waals surface area contributed by atoms with Crippen LogP contribution in [-0.4, -0.2) is 11.6 Å². The number of benzene rings is 2. The molecule has 0 saturated heterocycles. The van der Waals surface area contributed by atoms with Crippen LogP contribution >= 0.6 is 11.6 Å². The summed E-state index contributed by atoms with van der Waals surface area (Å²) in [4.78, 5) is 12.5. The minimum Gasteiger partial charge on any atom is -0.460 e. The second-order valence-corrected chi connectivity index (χ2v) is 7.30. The van der Waals surface area contributed by atoms with Gasteiger partial charge in [-0.15, -0.1) is 0 Å². The number of esters is 1. The first-order chi connectivity index (χ1) is 11.3. The summed E-state index contributed by atoms with van der Waals surface area (Å²) in [5.41, 5.74) is 1.43. The van der Waals surface area contributed by atoms with Gasteiger partial charge >= 0.3 is 5.97 Å². The van der Waals surface area contributed by atoms with Crippen molar-refractivity contribution < 1.29 is 9.53 Å². The molecule has 0 spiro atoms. The smallest absolute Gasteiger partial charge is 0.311 e. The number of hydrogen-bond donors (Lipinski definition) is 1. The van der Waals surface area contributed by atoms with E-state index in [4.69, 9.17) is 16.3 Å². The molecule has 2 rings (SSSR count). The average molecular weight is 346 g/mol. The molecule has 2 atom stereocenters. The predicted molar refractivity (Wildman–Crippen MR) is 99.3 cm³/mol. The van der Waals surface area contributed by atoms with Gasteiger partial charge in [0.25, 0.3) is 0 Å². The minimum atomic E-state index is -0.511. The molecule has 0 aromatic heterocycles. The van der Waals surface area contributed by atoms with Crippen LogP contribution in [0.1, 0.15) is 39.3 Å². The summed E-state index contributed by atoms with van der Waals surface area (Å²) >= 11 is 5.99. The van der Waals surface area contributed by atoms with Gasteiger partial charge in [0.2, 0.25) is 0 Å². The number of nitrogens with one attached hydrogen (secondary N) is 1. The van der Waals surface area contributed by atoms with Gasteiger partial charge in [-0.25, -0.2) is 0 Å². The molecule has 3 nitrogen and oxygen atoms in total. The lowest BCUT2D eigenvalue weighted by Gasteiger charge is -2.28. The third-order valence-electron chi connectivity index (χ3n) is 3.60. The fourth-order valence-electron chi connectivity index (χ4n) is 2.41. The first-order valence-corrected chi connectivity index (χ1v) is 8.44. The average Bonchev–Trinajstić information content (AvgIpc) is 2.52. The molecule has 0 bridgehead atoms. The van der Waals surface area contributed by atoms with Gasteiger partial charge in [0.15, 0.2) is 0 Å². The normalized spacial score (nSPS) is 13.9. The third-order valence-corrected chi connectivity index (χ3v) is 3.86. The van der Waals surface area contributed by atoms with E-state index in [9.17, 15) is 4.79 Å². The lowest BCUT2D eigenvalue weighted by atomic mass is 9.94. The molecule has 0 fully saturated rings. The molecule has 0 aliphatic rings. The number of hydrogen-bond acceptors (Lipinski definition) is 3. The molecule has 0 radical (unpaired) electrons. The van der Waals surface area contributed by atoms with E-state index < -0.39 is 5.60 Å². The Kier molecular flexibility index (Phi) is 5.89. The molecular formula is C20H24ClNO2. The van der Waals surface area contributed by atoms with E-state index in [1.807, 2.05) is 82.3 Å². The SMILES string of the molecule is C[C@@H](C(=O)OC(C)(C)C)[C@H](Nc1ccccc1)c1ccc(Cl)cc1. The number of ether oxygens (including phenoxy) is 1. The Balaban J connectivity index is 2.28. The quantitative estimate of drug-likeness (QED) is 0.730. The number of rotatable bonds is 5. The Morgan fingerprint density at radius 3 is 2.17 bits per heavy atom. The molecule has 128 valence electrons. The van der Waals surface area contributed by atoms with Crippen molar-refractivity contribution >= 4 is 23.3 Å². The zero-order valence-corrected chi connectivity index (χ0v) is 15.3. The van der Waals surface area contributed by atoms with Gasteiger partial charge in [-0.1, -0.05) is 41.9 Å². The third kappa shape index (κ3) is 5.27. The van der Waals surface area contributed by atoms with Gasteiger partial charge in [0.05, 0.1) is 12.0 Å². The van der Waals surface area contributed by atoms with Crippen LogP contribution in [-0.2, 0) is 9.53 Å². The molecule has 0 aliphatic carbocycles. The molecule has 2 aromatic carbocycles. The van der Waals surface area contributed by atoms with Crippen LogP contribution in [0.2, 0.25) is 5.02 Å². The van der Waals surface area contributed by atoms with E-state index in [0.29, 0.717) is 5.02 Å². The van der Waals surface area contributed by atoms with E-state index in [1.54, 1.807) is 0 Å². The van der Waals surface area contributed by atoms with Crippen molar-refractivity contribution in [1.29, 1.82) is 0 Å². The van der Waals surface area contributed by atoms with Crippen molar-refractivity contribution in [3.8, 4) is 0 Å². The fourth-order valence-corrected chi connectivity index (χ4v) is 2.54. The number of para-hydroxylation sites is 1. The number of carbonyl (C=O) groups excluding carboxylic acids is 1. The summed E-state index contributed by atoms with van der Waals surface area (Å²) in [5.74, 6) is -0.587. The van der Waals surface area contributed by atoms with Crippen molar-refractivity contribution in [2.75, 3.05) is 5.32 Å². The molecule has 4 heteroatoms. The highest BCUT2D eigenvalue weighted by Crippen LogP contribution is 2.29. The van der Waals surface area contributed by atoms with E-state index in [-0.39, 0.29) is 17.9 Å². The largest absolute Gasteiger partial charge is 0.460 e. The summed E-state index contributed by atoms with van der Waals surface area (Å²) in [6.07, 6.45) is 0. The fraction of sp³-hybridized carbons (Fsp3) is 0.350. The maximum Gasteiger partial charge on any atom is 0.311 e. The van der Waals surface area contributed by atoms with Crippen LogP contribution in [0.4, 0.5) is 5.69 Å². The summed E-state index contributed by atoms with van der Waals surface area (Å²) in [6, 6.07) is 17.2. The minimum absolute atomic E-state index is 0.209. The molecular weight excluding hydrogens is 322 g/mol. The van der Waals surface area contributed by atoms with Crippen molar-refractivity contribution in [2.45, 2.75) is 39.3 Å². The van der Waals surface area contributed by atoms with Crippen LogP contribution in [0.5, 0.6) is 0 Å². The maximum absolute atomic E-state index is 12.5. The molecule has 24 heavy (non-hydrogen) atoms. The highest BCUT2D eigenvalue weighted by atomic mass is 35.5. The number of carbonyl (C=O) groups is 1. The van der Waals surface area contributed by atoms with E-state index in [0.717, 1.165) is 11.3 Å². The zero-order chi connectivity index (χ0) is 17.7. The maximum atomic E-state index is 12.5. The number of halogens is 1. The predicted octanol–water partition coefficient (Wildman–Crippen LogP) is 5.47. The number of anilines is 1. The molecule has 0 heterocycles. The van der Waals surface area contributed by atoms with Gasteiger partial charge < -0.3 is 10.1 Å². The monoisotopic (exact) mass is 345 g/mol. The van der Waals surface area contributed by atoms with Gasteiger partial charge in [0.1, 0.15) is 5.60 Å². The Labute approximate surface area is 149 Å². The first kappa shape index (κ1) is 18.3. The van der Waals surface area contributed by atoms with Crippen LogP contribution in [0.3, 0.4) is 0 Å². The highest BCUT2D eigenvalue weighted by Gasteiger charge is 2.29. The van der Waals surface area contributed by atoms with Crippen molar-refractivity contribution in [3.63, 3.8) is 0 Å². The Bertz CT molecular complexity index is 662. The molecule has 0 amide bonds. The highest BCUT2D eigenvalue weighted by molar-refractivity contribution is 6.30.